The maximum Gasteiger partial charge on any atom is 0.265 e. The van der Waals surface area contributed by atoms with Crippen molar-refractivity contribution in [1.82, 2.24) is 15.3 Å². The molecule has 2 rings (SSSR count). The van der Waals surface area contributed by atoms with Crippen LogP contribution in [-0.4, -0.2) is 34.8 Å². The third-order valence-electron chi connectivity index (χ3n) is 3.88. The highest BCUT2D eigenvalue weighted by Gasteiger charge is 2.17. The third kappa shape index (κ3) is 5.50. The van der Waals surface area contributed by atoms with Crippen LogP contribution in [0.2, 0.25) is 0 Å². The molecule has 2 aromatic heterocycles. The number of nitrogens with one attached hydrogen (secondary N) is 2. The van der Waals surface area contributed by atoms with Crippen molar-refractivity contribution in [2.24, 2.45) is 15.2 Å². The SMILES string of the molecule is C=C(C=NC)NC(=Nc1ccc(C(F)F)cn1)c1[nH]cc(C(/C=C\C)=N/F)c1C. The summed E-state index contributed by atoms with van der Waals surface area (Å²) >= 11 is 0. The molecule has 152 valence electrons. The van der Waals surface area contributed by atoms with Gasteiger partial charge < -0.3 is 10.3 Å². The first-order valence-electron chi connectivity index (χ1n) is 8.62. The molecule has 0 aliphatic heterocycles. The van der Waals surface area contributed by atoms with Crippen LogP contribution in [0.25, 0.3) is 0 Å². The summed E-state index contributed by atoms with van der Waals surface area (Å²) in [5.74, 6) is 0.524. The van der Waals surface area contributed by atoms with Gasteiger partial charge in [-0.1, -0.05) is 22.4 Å². The standard InChI is InChI=1S/C20H21F3N6/c1-5-6-16(29-23)15-11-26-18(13(15)3)20(27-12(2)9-24-4)28-17-8-7-14(10-25-17)19(21)22/h5-11,19,26H,2H2,1,3-4H3,(H,25,27,28)/b6-5-,24-9?,29-16+. The second-order valence-electron chi connectivity index (χ2n) is 5.92. The molecule has 0 saturated carbocycles. The number of allylic oxidation sites excluding steroid dienone is 3. The largest absolute Gasteiger partial charge is 0.358 e. The molecule has 0 spiro atoms. The first-order chi connectivity index (χ1) is 13.9. The van der Waals surface area contributed by atoms with Gasteiger partial charge in [-0.2, -0.15) is 0 Å². The quantitative estimate of drug-likeness (QED) is 0.516. The zero-order chi connectivity index (χ0) is 21.4. The van der Waals surface area contributed by atoms with Crippen LogP contribution in [0, 0.1) is 6.92 Å². The summed E-state index contributed by atoms with van der Waals surface area (Å²) in [6, 6.07) is 2.64. The summed E-state index contributed by atoms with van der Waals surface area (Å²) in [5.41, 5.74) is 2.16. The Morgan fingerprint density at radius 1 is 1.34 bits per heavy atom. The molecule has 0 radical (unpaired) electrons. The molecule has 0 aliphatic carbocycles. The van der Waals surface area contributed by atoms with Crippen LogP contribution in [0.4, 0.5) is 19.1 Å². The van der Waals surface area contributed by atoms with Crippen molar-refractivity contribution >= 4 is 23.6 Å². The summed E-state index contributed by atoms with van der Waals surface area (Å²) in [7, 11) is 1.59. The molecule has 0 amide bonds. The van der Waals surface area contributed by atoms with Gasteiger partial charge in [0.05, 0.1) is 11.4 Å². The molecule has 6 nitrogen and oxygen atoms in total. The van der Waals surface area contributed by atoms with Crippen molar-refractivity contribution < 1.29 is 13.3 Å². The zero-order valence-electron chi connectivity index (χ0n) is 16.2. The first kappa shape index (κ1) is 21.8. The number of halogens is 3. The fraction of sp³-hybridized carbons (Fsp3) is 0.200. The summed E-state index contributed by atoms with van der Waals surface area (Å²) in [5, 5.41) is 5.81. The lowest BCUT2D eigenvalue weighted by Crippen LogP contribution is -2.25. The second kappa shape index (κ2) is 10.2. The number of nitrogens with zero attached hydrogens (tertiary/aromatic N) is 4. The molecule has 0 fully saturated rings. The Kier molecular flexibility index (Phi) is 7.64. The summed E-state index contributed by atoms with van der Waals surface area (Å²) < 4.78 is 38.5. The average Bonchev–Trinajstić information content (AvgIpc) is 3.07. The van der Waals surface area contributed by atoms with E-state index in [2.05, 4.69) is 37.1 Å². The van der Waals surface area contributed by atoms with Crippen LogP contribution in [0.15, 0.2) is 64.2 Å². The van der Waals surface area contributed by atoms with E-state index in [1.807, 2.05) is 0 Å². The highest BCUT2D eigenvalue weighted by molar-refractivity contribution is 6.12. The van der Waals surface area contributed by atoms with Crippen LogP contribution in [0.1, 0.15) is 35.7 Å². The minimum Gasteiger partial charge on any atom is -0.358 e. The van der Waals surface area contributed by atoms with Crippen LogP contribution >= 0.6 is 0 Å². The van der Waals surface area contributed by atoms with Gasteiger partial charge in [0.1, 0.15) is 5.71 Å². The molecule has 0 saturated heterocycles. The Morgan fingerprint density at radius 3 is 2.66 bits per heavy atom. The van der Waals surface area contributed by atoms with Gasteiger partial charge in [0.25, 0.3) is 6.43 Å². The van der Waals surface area contributed by atoms with Gasteiger partial charge in [-0.15, -0.1) is 0 Å². The number of H-pyrrole nitrogens is 1. The maximum atomic E-state index is 13.1. The van der Waals surface area contributed by atoms with Gasteiger partial charge in [0.15, 0.2) is 11.7 Å². The van der Waals surface area contributed by atoms with E-state index in [4.69, 9.17) is 0 Å². The van der Waals surface area contributed by atoms with Gasteiger partial charge >= 0.3 is 0 Å². The summed E-state index contributed by atoms with van der Waals surface area (Å²) in [6.07, 6.45) is 4.76. The molecule has 2 N–H and O–H groups in total. The van der Waals surface area contributed by atoms with Gasteiger partial charge in [-0.05, 0) is 37.6 Å². The molecule has 29 heavy (non-hydrogen) atoms. The molecular weight excluding hydrogens is 381 g/mol. The van der Waals surface area contributed by atoms with Gasteiger partial charge in [-0.3, -0.25) is 4.99 Å². The molecule has 9 heteroatoms. The maximum absolute atomic E-state index is 13.1. The fourth-order valence-corrected chi connectivity index (χ4v) is 2.52. The van der Waals surface area contributed by atoms with Crippen molar-refractivity contribution in [3.05, 3.63) is 71.3 Å². The van der Waals surface area contributed by atoms with Crippen molar-refractivity contribution in [3.8, 4) is 0 Å². The number of aromatic amines is 1. The number of aromatic nitrogens is 2. The monoisotopic (exact) mass is 402 g/mol. The average molecular weight is 402 g/mol. The number of hydrogen-bond acceptors (Lipinski definition) is 4. The number of amidine groups is 1. The van der Waals surface area contributed by atoms with E-state index >= 15 is 0 Å². The molecule has 0 aromatic carbocycles. The molecule has 0 unspecified atom stereocenters. The van der Waals surface area contributed by atoms with Crippen LogP contribution in [0.5, 0.6) is 0 Å². The topological polar surface area (TPSA) is 77.8 Å². The van der Waals surface area contributed by atoms with Crippen molar-refractivity contribution in [2.45, 2.75) is 20.3 Å². The Balaban J connectivity index is 2.51. The predicted molar refractivity (Wildman–Crippen MR) is 110 cm³/mol. The summed E-state index contributed by atoms with van der Waals surface area (Å²) in [4.78, 5) is 15.3. The van der Waals surface area contributed by atoms with E-state index in [1.165, 1.54) is 24.4 Å². The minimum absolute atomic E-state index is 0.153. The smallest absolute Gasteiger partial charge is 0.265 e. The Hall–Kier alpha value is -3.49. The van der Waals surface area contributed by atoms with E-state index in [-0.39, 0.29) is 17.1 Å². The highest BCUT2D eigenvalue weighted by atomic mass is 19.3. The number of pyridine rings is 1. The van der Waals surface area contributed by atoms with E-state index in [0.717, 1.165) is 6.20 Å². The van der Waals surface area contributed by atoms with E-state index in [0.29, 0.717) is 28.4 Å². The molecule has 2 aromatic rings. The second-order valence-corrected chi connectivity index (χ2v) is 5.92. The van der Waals surface area contributed by atoms with Crippen molar-refractivity contribution in [2.75, 3.05) is 7.05 Å². The first-order valence-corrected chi connectivity index (χ1v) is 8.62. The Bertz CT molecular complexity index is 969. The number of aliphatic imine (C=N–C) groups is 2. The molecule has 0 aliphatic rings. The van der Waals surface area contributed by atoms with Crippen LogP contribution in [-0.2, 0) is 0 Å². The lowest BCUT2D eigenvalue weighted by Gasteiger charge is -2.10. The zero-order valence-corrected chi connectivity index (χ0v) is 16.2. The molecule has 2 heterocycles. The molecular formula is C20H21F3N6. The highest BCUT2D eigenvalue weighted by Crippen LogP contribution is 2.21. The minimum atomic E-state index is -2.61. The van der Waals surface area contributed by atoms with E-state index in [9.17, 15) is 13.3 Å². The molecule has 0 bridgehead atoms. The van der Waals surface area contributed by atoms with Gasteiger partial charge in [0.2, 0.25) is 0 Å². The van der Waals surface area contributed by atoms with E-state index in [1.54, 1.807) is 33.2 Å². The lowest BCUT2D eigenvalue weighted by atomic mass is 10.1. The molecule has 0 atom stereocenters. The Labute approximate surface area is 166 Å². The fourth-order valence-electron chi connectivity index (χ4n) is 2.52. The predicted octanol–water partition coefficient (Wildman–Crippen LogP) is 4.79. The van der Waals surface area contributed by atoms with Gasteiger partial charge in [0, 0.05) is 36.8 Å². The summed E-state index contributed by atoms with van der Waals surface area (Å²) in [6.45, 7) is 7.37. The van der Waals surface area contributed by atoms with E-state index < -0.39 is 6.43 Å². The number of rotatable bonds is 7. The Morgan fingerprint density at radius 2 is 2.10 bits per heavy atom. The van der Waals surface area contributed by atoms with Crippen molar-refractivity contribution in [3.63, 3.8) is 0 Å². The lowest BCUT2D eigenvalue weighted by molar-refractivity contribution is 0.151. The van der Waals surface area contributed by atoms with Crippen LogP contribution < -0.4 is 5.32 Å². The van der Waals surface area contributed by atoms with Crippen molar-refractivity contribution in [1.29, 1.82) is 0 Å². The van der Waals surface area contributed by atoms with Crippen LogP contribution in [0.3, 0.4) is 0 Å². The normalized spacial score (nSPS) is 13.1. The number of hydrogen-bond donors (Lipinski definition) is 2. The number of alkyl halides is 2. The van der Waals surface area contributed by atoms with Gasteiger partial charge in [-0.25, -0.2) is 18.8 Å². The third-order valence-corrected chi connectivity index (χ3v) is 3.88.